The Bertz CT molecular complexity index is 208. The van der Waals surface area contributed by atoms with Crippen LogP contribution in [0.2, 0.25) is 0 Å². The number of rotatable bonds is 6. The van der Waals surface area contributed by atoms with E-state index in [0.717, 1.165) is 45.7 Å². The molecule has 0 bridgehead atoms. The molecular weight excluding hydrogens is 206 g/mol. The molecule has 1 heterocycles. The van der Waals surface area contributed by atoms with E-state index in [4.69, 9.17) is 9.47 Å². The van der Waals surface area contributed by atoms with E-state index in [1.807, 2.05) is 13.8 Å². The Morgan fingerprint density at radius 1 is 1.38 bits per heavy atom. The van der Waals surface area contributed by atoms with Crippen LogP contribution in [0.3, 0.4) is 0 Å². The molecule has 0 saturated carbocycles. The predicted octanol–water partition coefficient (Wildman–Crippen LogP) is 1.30. The van der Waals surface area contributed by atoms with Gasteiger partial charge >= 0.3 is 5.97 Å². The zero-order valence-electron chi connectivity index (χ0n) is 10.4. The quantitative estimate of drug-likeness (QED) is 0.508. The molecule has 4 nitrogen and oxygen atoms in total. The normalized spacial score (nSPS) is 22.0. The first-order valence-corrected chi connectivity index (χ1v) is 6.24. The zero-order chi connectivity index (χ0) is 11.8. The summed E-state index contributed by atoms with van der Waals surface area (Å²) in [5, 5.41) is 0. The SMILES string of the molecule is CCOCCN1CCCC(C(=O)OCC)C1. The van der Waals surface area contributed by atoms with Crippen LogP contribution in [-0.4, -0.2) is 50.3 Å². The van der Waals surface area contributed by atoms with Gasteiger partial charge < -0.3 is 14.4 Å². The minimum atomic E-state index is -0.0383. The summed E-state index contributed by atoms with van der Waals surface area (Å²) in [7, 11) is 0. The first-order valence-electron chi connectivity index (χ1n) is 6.24. The van der Waals surface area contributed by atoms with Gasteiger partial charge in [0.1, 0.15) is 0 Å². The van der Waals surface area contributed by atoms with Crippen LogP contribution >= 0.6 is 0 Å². The molecule has 1 saturated heterocycles. The fourth-order valence-electron chi connectivity index (χ4n) is 2.05. The number of ether oxygens (including phenoxy) is 2. The van der Waals surface area contributed by atoms with Gasteiger partial charge in [0.25, 0.3) is 0 Å². The highest BCUT2D eigenvalue weighted by Gasteiger charge is 2.26. The summed E-state index contributed by atoms with van der Waals surface area (Å²) in [5.74, 6) is 0.0268. The Kier molecular flexibility index (Phi) is 6.42. The van der Waals surface area contributed by atoms with Gasteiger partial charge in [-0.05, 0) is 33.2 Å². The van der Waals surface area contributed by atoms with E-state index in [2.05, 4.69) is 4.90 Å². The standard InChI is InChI=1S/C12H23NO3/c1-3-15-9-8-13-7-5-6-11(10-13)12(14)16-4-2/h11H,3-10H2,1-2H3. The Labute approximate surface area is 97.9 Å². The smallest absolute Gasteiger partial charge is 0.310 e. The maximum Gasteiger partial charge on any atom is 0.310 e. The number of nitrogens with zero attached hydrogens (tertiary/aromatic N) is 1. The average Bonchev–Trinajstić information content (AvgIpc) is 2.30. The van der Waals surface area contributed by atoms with Gasteiger partial charge in [0.05, 0.1) is 19.1 Å². The topological polar surface area (TPSA) is 38.8 Å². The third-order valence-corrected chi connectivity index (χ3v) is 2.88. The molecule has 1 fully saturated rings. The molecule has 94 valence electrons. The van der Waals surface area contributed by atoms with Crippen molar-refractivity contribution in [2.75, 3.05) is 39.5 Å². The summed E-state index contributed by atoms with van der Waals surface area (Å²) in [5.41, 5.74) is 0. The molecule has 0 aromatic carbocycles. The lowest BCUT2D eigenvalue weighted by Crippen LogP contribution is -2.40. The van der Waals surface area contributed by atoms with Crippen molar-refractivity contribution in [3.05, 3.63) is 0 Å². The van der Waals surface area contributed by atoms with Crippen LogP contribution in [0, 0.1) is 5.92 Å². The molecule has 16 heavy (non-hydrogen) atoms. The number of hydrogen-bond donors (Lipinski definition) is 0. The Balaban J connectivity index is 2.26. The number of carbonyl (C=O) groups excluding carboxylic acids is 1. The van der Waals surface area contributed by atoms with Crippen molar-refractivity contribution < 1.29 is 14.3 Å². The van der Waals surface area contributed by atoms with E-state index in [0.29, 0.717) is 6.61 Å². The van der Waals surface area contributed by atoms with E-state index >= 15 is 0 Å². The second-order valence-electron chi connectivity index (χ2n) is 4.09. The summed E-state index contributed by atoms with van der Waals surface area (Å²) < 4.78 is 10.4. The van der Waals surface area contributed by atoms with Crippen LogP contribution in [-0.2, 0) is 14.3 Å². The van der Waals surface area contributed by atoms with Crippen molar-refractivity contribution >= 4 is 5.97 Å². The third kappa shape index (κ3) is 4.49. The summed E-state index contributed by atoms with van der Waals surface area (Å²) in [6, 6.07) is 0. The van der Waals surface area contributed by atoms with Gasteiger partial charge in [-0.15, -0.1) is 0 Å². The van der Waals surface area contributed by atoms with Crippen LogP contribution in [0.5, 0.6) is 0 Å². The van der Waals surface area contributed by atoms with Crippen LogP contribution in [0.1, 0.15) is 26.7 Å². The molecule has 0 aromatic rings. The van der Waals surface area contributed by atoms with Gasteiger partial charge in [-0.3, -0.25) is 4.79 Å². The van der Waals surface area contributed by atoms with Crippen molar-refractivity contribution in [3.8, 4) is 0 Å². The molecule has 1 unspecified atom stereocenters. The van der Waals surface area contributed by atoms with Crippen molar-refractivity contribution in [1.29, 1.82) is 0 Å². The highest BCUT2D eigenvalue weighted by molar-refractivity contribution is 5.72. The molecule has 1 aliphatic heterocycles. The van der Waals surface area contributed by atoms with Gasteiger partial charge in [0.2, 0.25) is 0 Å². The second-order valence-corrected chi connectivity index (χ2v) is 4.09. The minimum Gasteiger partial charge on any atom is -0.466 e. The molecule has 1 aliphatic rings. The van der Waals surface area contributed by atoms with E-state index < -0.39 is 0 Å². The maximum atomic E-state index is 11.6. The number of carbonyl (C=O) groups is 1. The zero-order valence-corrected chi connectivity index (χ0v) is 10.4. The lowest BCUT2D eigenvalue weighted by atomic mass is 9.98. The van der Waals surface area contributed by atoms with E-state index in [-0.39, 0.29) is 11.9 Å². The van der Waals surface area contributed by atoms with Crippen molar-refractivity contribution in [3.63, 3.8) is 0 Å². The molecule has 0 aromatic heterocycles. The first-order chi connectivity index (χ1) is 7.77. The molecule has 0 spiro atoms. The van der Waals surface area contributed by atoms with E-state index in [1.165, 1.54) is 0 Å². The highest BCUT2D eigenvalue weighted by atomic mass is 16.5. The van der Waals surface area contributed by atoms with Crippen molar-refractivity contribution in [2.24, 2.45) is 5.92 Å². The fourth-order valence-corrected chi connectivity index (χ4v) is 2.05. The lowest BCUT2D eigenvalue weighted by molar-refractivity contribution is -0.150. The predicted molar refractivity (Wildman–Crippen MR) is 62.3 cm³/mol. The summed E-state index contributed by atoms with van der Waals surface area (Å²) in [6.07, 6.45) is 2.04. The van der Waals surface area contributed by atoms with Crippen LogP contribution < -0.4 is 0 Å². The molecule has 4 heteroatoms. The maximum absolute atomic E-state index is 11.6. The number of esters is 1. The van der Waals surface area contributed by atoms with Gasteiger partial charge in [-0.1, -0.05) is 0 Å². The summed E-state index contributed by atoms with van der Waals surface area (Å²) in [4.78, 5) is 13.9. The molecular formula is C12H23NO3. The second kappa shape index (κ2) is 7.63. The van der Waals surface area contributed by atoms with Crippen molar-refractivity contribution in [2.45, 2.75) is 26.7 Å². The van der Waals surface area contributed by atoms with E-state index in [9.17, 15) is 4.79 Å². The molecule has 1 rings (SSSR count). The fraction of sp³-hybridized carbons (Fsp3) is 0.917. The average molecular weight is 229 g/mol. The molecule has 1 atom stereocenters. The van der Waals surface area contributed by atoms with Gasteiger partial charge in [-0.2, -0.15) is 0 Å². The minimum absolute atomic E-state index is 0.0383. The Morgan fingerprint density at radius 3 is 2.88 bits per heavy atom. The van der Waals surface area contributed by atoms with E-state index in [1.54, 1.807) is 0 Å². The molecule has 0 N–H and O–H groups in total. The Hall–Kier alpha value is -0.610. The van der Waals surface area contributed by atoms with Gasteiger partial charge in [0.15, 0.2) is 0 Å². The Morgan fingerprint density at radius 2 is 2.19 bits per heavy atom. The molecule has 0 aliphatic carbocycles. The van der Waals surface area contributed by atoms with Crippen molar-refractivity contribution in [1.82, 2.24) is 4.90 Å². The monoisotopic (exact) mass is 229 g/mol. The molecule has 0 radical (unpaired) electrons. The van der Waals surface area contributed by atoms with Crippen LogP contribution in [0.25, 0.3) is 0 Å². The van der Waals surface area contributed by atoms with Crippen LogP contribution in [0.4, 0.5) is 0 Å². The largest absolute Gasteiger partial charge is 0.466 e. The summed E-state index contributed by atoms with van der Waals surface area (Å²) >= 11 is 0. The molecule has 0 amide bonds. The number of piperidine rings is 1. The lowest BCUT2D eigenvalue weighted by Gasteiger charge is -2.31. The highest BCUT2D eigenvalue weighted by Crippen LogP contribution is 2.17. The van der Waals surface area contributed by atoms with Gasteiger partial charge in [-0.25, -0.2) is 0 Å². The third-order valence-electron chi connectivity index (χ3n) is 2.88. The number of likely N-dealkylation sites (tertiary alicyclic amines) is 1. The number of hydrogen-bond acceptors (Lipinski definition) is 4. The summed E-state index contributed by atoms with van der Waals surface area (Å²) in [6.45, 7) is 8.67. The van der Waals surface area contributed by atoms with Gasteiger partial charge in [0, 0.05) is 19.7 Å². The first kappa shape index (κ1) is 13.5. The van der Waals surface area contributed by atoms with Crippen LogP contribution in [0.15, 0.2) is 0 Å².